The number of hydrogen-bond acceptors (Lipinski definition) is 3. The van der Waals surface area contributed by atoms with Crippen LogP contribution in [0.1, 0.15) is 11.4 Å². The van der Waals surface area contributed by atoms with Crippen molar-refractivity contribution >= 4 is 5.97 Å². The molecule has 0 N–H and O–H groups in total. The topological polar surface area (TPSA) is 39.2 Å². The number of carbonyl (C=O) groups is 1. The van der Waals surface area contributed by atoms with Gasteiger partial charge in [-0.25, -0.2) is 14.2 Å². The van der Waals surface area contributed by atoms with E-state index in [1.165, 1.54) is 26.2 Å². The molecule has 0 unspecified atom stereocenters. The monoisotopic (exact) mass is 193 g/mol. The zero-order chi connectivity index (χ0) is 10.6. The van der Waals surface area contributed by atoms with Crippen molar-refractivity contribution in [2.75, 3.05) is 7.11 Å². The Morgan fingerprint density at radius 1 is 1.57 bits per heavy atom. The van der Waals surface area contributed by atoms with Gasteiger partial charge in [-0.05, 0) is 25.0 Å². The first-order valence-electron chi connectivity index (χ1n) is 3.86. The summed E-state index contributed by atoms with van der Waals surface area (Å²) < 4.78 is 17.1. The first-order chi connectivity index (χ1) is 6.63. The second kappa shape index (κ2) is 4.38. The van der Waals surface area contributed by atoms with Crippen LogP contribution in [0, 0.1) is 24.6 Å². The first-order valence-corrected chi connectivity index (χ1v) is 3.86. The van der Waals surface area contributed by atoms with Crippen LogP contribution in [0.4, 0.5) is 4.39 Å². The molecule has 0 aliphatic heterocycles. The van der Waals surface area contributed by atoms with Crippen molar-refractivity contribution in [3.8, 4) is 11.8 Å². The molecule has 1 aromatic heterocycles. The van der Waals surface area contributed by atoms with Crippen LogP contribution in [0.5, 0.6) is 0 Å². The fourth-order valence-corrected chi connectivity index (χ4v) is 0.780. The summed E-state index contributed by atoms with van der Waals surface area (Å²) in [6.45, 7) is 1.53. The lowest BCUT2D eigenvalue weighted by Gasteiger charge is -1.94. The molecular weight excluding hydrogens is 185 g/mol. The maximum Gasteiger partial charge on any atom is 0.384 e. The van der Waals surface area contributed by atoms with Gasteiger partial charge in [0.2, 0.25) is 0 Å². The van der Waals surface area contributed by atoms with Crippen molar-refractivity contribution in [1.82, 2.24) is 4.98 Å². The van der Waals surface area contributed by atoms with E-state index in [1.54, 1.807) is 0 Å². The molecule has 0 spiro atoms. The molecule has 0 saturated carbocycles. The highest BCUT2D eigenvalue weighted by Crippen LogP contribution is 2.02. The van der Waals surface area contributed by atoms with Crippen LogP contribution in [-0.2, 0) is 9.53 Å². The highest BCUT2D eigenvalue weighted by Gasteiger charge is 1.98. The van der Waals surface area contributed by atoms with Crippen molar-refractivity contribution in [3.63, 3.8) is 0 Å². The van der Waals surface area contributed by atoms with Crippen molar-refractivity contribution in [3.05, 3.63) is 29.3 Å². The van der Waals surface area contributed by atoms with Gasteiger partial charge < -0.3 is 4.74 Å². The molecule has 4 heteroatoms. The van der Waals surface area contributed by atoms with Gasteiger partial charge in [-0.1, -0.05) is 0 Å². The Balaban J connectivity index is 2.91. The van der Waals surface area contributed by atoms with Gasteiger partial charge in [0.05, 0.1) is 12.8 Å². The molecule has 0 atom stereocenters. The molecule has 0 fully saturated rings. The lowest BCUT2D eigenvalue weighted by molar-refractivity contribution is -0.133. The van der Waals surface area contributed by atoms with Crippen LogP contribution in [-0.4, -0.2) is 18.1 Å². The van der Waals surface area contributed by atoms with E-state index in [9.17, 15) is 9.18 Å². The van der Waals surface area contributed by atoms with Crippen LogP contribution < -0.4 is 0 Å². The Morgan fingerprint density at radius 3 is 2.86 bits per heavy atom. The number of methoxy groups -OCH3 is 1. The molecule has 3 nitrogen and oxygen atoms in total. The summed E-state index contributed by atoms with van der Waals surface area (Å²) in [6, 6.07) is 2.65. The van der Waals surface area contributed by atoms with Gasteiger partial charge in [0, 0.05) is 5.92 Å². The van der Waals surface area contributed by atoms with E-state index in [1.807, 2.05) is 0 Å². The molecule has 0 aromatic carbocycles. The molecule has 0 bridgehead atoms. The molecule has 1 heterocycles. The third-order valence-electron chi connectivity index (χ3n) is 1.50. The minimum absolute atomic E-state index is 0.252. The van der Waals surface area contributed by atoms with Gasteiger partial charge in [0.15, 0.2) is 0 Å². The molecule has 1 rings (SSSR count). The smallest absolute Gasteiger partial charge is 0.384 e. The van der Waals surface area contributed by atoms with Crippen molar-refractivity contribution in [1.29, 1.82) is 0 Å². The summed E-state index contributed by atoms with van der Waals surface area (Å²) in [5, 5.41) is 0. The minimum atomic E-state index is -0.645. The number of aryl methyl sites for hydroxylation is 1. The van der Waals surface area contributed by atoms with Crippen molar-refractivity contribution in [2.24, 2.45) is 0 Å². The Bertz CT molecular complexity index is 418. The summed E-state index contributed by atoms with van der Waals surface area (Å²) in [4.78, 5) is 14.5. The lowest BCUT2D eigenvalue weighted by Crippen LogP contribution is -1.96. The van der Waals surface area contributed by atoms with Crippen LogP contribution in [0.2, 0.25) is 0 Å². The van der Waals surface area contributed by atoms with Gasteiger partial charge in [-0.15, -0.1) is 0 Å². The summed E-state index contributed by atoms with van der Waals surface area (Å²) in [5.74, 6) is 3.62. The number of rotatable bonds is 0. The zero-order valence-corrected chi connectivity index (χ0v) is 7.80. The summed E-state index contributed by atoms with van der Waals surface area (Å²) in [6.07, 6.45) is 0. The Kier molecular flexibility index (Phi) is 3.19. The van der Waals surface area contributed by atoms with Crippen LogP contribution in [0.25, 0.3) is 0 Å². The average Bonchev–Trinajstić information content (AvgIpc) is 2.19. The van der Waals surface area contributed by atoms with Crippen LogP contribution in [0.15, 0.2) is 12.1 Å². The highest BCUT2D eigenvalue weighted by molar-refractivity contribution is 5.88. The Labute approximate surface area is 80.9 Å². The molecule has 0 saturated heterocycles. The van der Waals surface area contributed by atoms with Gasteiger partial charge in [0.1, 0.15) is 11.5 Å². The van der Waals surface area contributed by atoms with E-state index in [0.717, 1.165) is 0 Å². The minimum Gasteiger partial charge on any atom is -0.459 e. The number of esters is 1. The molecule has 0 radical (unpaired) electrons. The van der Waals surface area contributed by atoms with E-state index in [4.69, 9.17) is 0 Å². The molecule has 1 aromatic rings. The fraction of sp³-hybridized carbons (Fsp3) is 0.200. The largest absolute Gasteiger partial charge is 0.459 e. The van der Waals surface area contributed by atoms with Crippen molar-refractivity contribution in [2.45, 2.75) is 6.92 Å². The number of carbonyl (C=O) groups excluding carboxylic acids is 1. The van der Waals surface area contributed by atoms with E-state index in [0.29, 0.717) is 5.69 Å². The van der Waals surface area contributed by atoms with Crippen LogP contribution in [0.3, 0.4) is 0 Å². The molecule has 0 aliphatic carbocycles. The van der Waals surface area contributed by atoms with Crippen LogP contribution >= 0.6 is 0 Å². The molecular formula is C10H8FNO2. The number of nitrogens with zero attached hydrogens (tertiary/aromatic N) is 1. The summed E-state index contributed by atoms with van der Waals surface area (Å²) in [7, 11) is 1.24. The fourth-order valence-electron chi connectivity index (χ4n) is 0.780. The standard InChI is InChI=1S/C10H8FNO2/c1-7-9(11)5-3-8(12-7)4-6-10(13)14-2/h3,5H,1-2H3. The third-order valence-corrected chi connectivity index (χ3v) is 1.50. The van der Waals surface area contributed by atoms with Crippen molar-refractivity contribution < 1.29 is 13.9 Å². The van der Waals surface area contributed by atoms with Gasteiger partial charge in [0.25, 0.3) is 0 Å². The second-order valence-electron chi connectivity index (χ2n) is 2.51. The van der Waals surface area contributed by atoms with E-state index >= 15 is 0 Å². The third kappa shape index (κ3) is 2.56. The maximum absolute atomic E-state index is 12.8. The van der Waals surface area contributed by atoms with E-state index in [-0.39, 0.29) is 5.69 Å². The summed E-state index contributed by atoms with van der Waals surface area (Å²) in [5.41, 5.74) is 0.593. The quantitative estimate of drug-likeness (QED) is 0.456. The Morgan fingerprint density at radius 2 is 2.29 bits per heavy atom. The average molecular weight is 193 g/mol. The van der Waals surface area contributed by atoms with Gasteiger partial charge >= 0.3 is 5.97 Å². The number of aromatic nitrogens is 1. The van der Waals surface area contributed by atoms with Gasteiger partial charge in [-0.3, -0.25) is 0 Å². The number of hydrogen-bond donors (Lipinski definition) is 0. The number of halogens is 1. The zero-order valence-electron chi connectivity index (χ0n) is 7.80. The molecule has 72 valence electrons. The van der Waals surface area contributed by atoms with E-state index in [2.05, 4.69) is 21.6 Å². The maximum atomic E-state index is 12.8. The summed E-state index contributed by atoms with van der Waals surface area (Å²) >= 11 is 0. The predicted octanol–water partition coefficient (Wildman–Crippen LogP) is 1.05. The van der Waals surface area contributed by atoms with Gasteiger partial charge in [-0.2, -0.15) is 0 Å². The molecule has 14 heavy (non-hydrogen) atoms. The highest BCUT2D eigenvalue weighted by atomic mass is 19.1. The van der Waals surface area contributed by atoms with E-state index < -0.39 is 11.8 Å². The number of ether oxygens (including phenoxy) is 1. The lowest BCUT2D eigenvalue weighted by atomic mass is 10.3. The predicted molar refractivity (Wildman–Crippen MR) is 47.8 cm³/mol. The number of pyridine rings is 1. The Hall–Kier alpha value is -1.89. The normalized spacial score (nSPS) is 8.79. The second-order valence-corrected chi connectivity index (χ2v) is 2.51. The molecule has 0 aliphatic rings. The first kappa shape index (κ1) is 10.2. The molecule has 0 amide bonds. The SMILES string of the molecule is COC(=O)C#Cc1ccc(F)c(C)n1.